The molecule has 0 amide bonds. The van der Waals surface area contributed by atoms with Crippen molar-refractivity contribution in [2.45, 2.75) is 6.42 Å². The van der Waals surface area contributed by atoms with Crippen molar-refractivity contribution in [3.05, 3.63) is 53.0 Å². The monoisotopic (exact) mass is 271 g/mol. The zero-order valence-corrected chi connectivity index (χ0v) is 11.3. The van der Waals surface area contributed by atoms with E-state index in [0.717, 1.165) is 16.1 Å². The Morgan fingerprint density at radius 3 is 2.79 bits per heavy atom. The van der Waals surface area contributed by atoms with Gasteiger partial charge >= 0.3 is 0 Å². The number of aromatic hydroxyl groups is 1. The summed E-state index contributed by atoms with van der Waals surface area (Å²) in [6, 6.07) is 13.6. The second-order valence-electron chi connectivity index (χ2n) is 4.22. The molecule has 3 rings (SSSR count). The lowest BCUT2D eigenvalue weighted by Gasteiger charge is -2.07. The lowest BCUT2D eigenvalue weighted by Crippen LogP contribution is -1.91. The van der Waals surface area contributed by atoms with E-state index in [1.165, 1.54) is 4.70 Å². The fraction of sp³-hybridized carbons (Fsp3) is 0.133. The Hall–Kier alpha value is -2.07. The van der Waals surface area contributed by atoms with Gasteiger partial charge in [-0.3, -0.25) is 0 Å². The van der Waals surface area contributed by atoms with E-state index in [2.05, 4.69) is 11.1 Å². The highest BCUT2D eigenvalue weighted by Crippen LogP contribution is 2.32. The van der Waals surface area contributed by atoms with Crippen LogP contribution in [0.1, 0.15) is 10.6 Å². The summed E-state index contributed by atoms with van der Waals surface area (Å²) in [7, 11) is 1.55. The molecule has 0 aliphatic rings. The Labute approximate surface area is 115 Å². The highest BCUT2D eigenvalue weighted by molar-refractivity contribution is 7.18. The first kappa shape index (κ1) is 12.0. The predicted molar refractivity (Wildman–Crippen MR) is 77.1 cm³/mol. The number of benzene rings is 2. The molecule has 3 nitrogen and oxygen atoms in total. The van der Waals surface area contributed by atoms with Crippen LogP contribution in [0.15, 0.2) is 42.5 Å². The summed E-state index contributed by atoms with van der Waals surface area (Å²) in [5.74, 6) is 0.697. The molecule has 0 fully saturated rings. The Kier molecular flexibility index (Phi) is 3.09. The average molecular weight is 271 g/mol. The van der Waals surface area contributed by atoms with Crippen molar-refractivity contribution in [2.75, 3.05) is 7.11 Å². The minimum atomic E-state index is 0.198. The number of phenols is 1. The van der Waals surface area contributed by atoms with Gasteiger partial charge in [-0.1, -0.05) is 24.3 Å². The van der Waals surface area contributed by atoms with Crippen molar-refractivity contribution in [1.82, 2.24) is 4.98 Å². The highest BCUT2D eigenvalue weighted by atomic mass is 32.1. The number of hydrogen-bond donors (Lipinski definition) is 1. The molecular formula is C15H13NO2S. The lowest BCUT2D eigenvalue weighted by molar-refractivity contribution is 0.371. The summed E-state index contributed by atoms with van der Waals surface area (Å²) < 4.78 is 6.28. The molecule has 3 aromatic rings. The summed E-state index contributed by atoms with van der Waals surface area (Å²) in [4.78, 5) is 4.57. The summed E-state index contributed by atoms with van der Waals surface area (Å²) in [5.41, 5.74) is 1.84. The van der Waals surface area contributed by atoms with Gasteiger partial charge < -0.3 is 9.84 Å². The average Bonchev–Trinajstić information content (AvgIpc) is 2.83. The SMILES string of the molecule is COc1cccc(Cc2nc3ccccc3s2)c1O. The fourth-order valence-electron chi connectivity index (χ4n) is 2.03. The van der Waals surface area contributed by atoms with Crippen LogP contribution in [0.3, 0.4) is 0 Å². The number of para-hydroxylation sites is 2. The summed E-state index contributed by atoms with van der Waals surface area (Å²) in [6.45, 7) is 0. The third kappa shape index (κ3) is 2.27. The molecule has 0 saturated heterocycles. The van der Waals surface area contributed by atoms with Gasteiger partial charge in [0.15, 0.2) is 11.5 Å². The number of thiazole rings is 1. The molecule has 2 aromatic carbocycles. The molecule has 0 radical (unpaired) electrons. The van der Waals surface area contributed by atoms with Gasteiger partial charge in [-0.15, -0.1) is 11.3 Å². The molecule has 1 heterocycles. The van der Waals surface area contributed by atoms with Crippen LogP contribution < -0.4 is 4.74 Å². The molecular weight excluding hydrogens is 258 g/mol. The van der Waals surface area contributed by atoms with E-state index in [-0.39, 0.29) is 5.75 Å². The molecule has 96 valence electrons. The number of rotatable bonds is 3. The maximum atomic E-state index is 10.1. The molecule has 4 heteroatoms. The zero-order chi connectivity index (χ0) is 13.2. The first-order valence-electron chi connectivity index (χ1n) is 5.97. The Morgan fingerprint density at radius 1 is 1.16 bits per heavy atom. The summed E-state index contributed by atoms with van der Waals surface area (Å²) in [6.07, 6.45) is 0.613. The van der Waals surface area contributed by atoms with Gasteiger partial charge in [0.05, 0.1) is 22.3 Å². The number of aromatic nitrogens is 1. The summed E-state index contributed by atoms with van der Waals surface area (Å²) in [5, 5.41) is 11.1. The molecule has 1 N–H and O–H groups in total. The number of nitrogens with zero attached hydrogens (tertiary/aromatic N) is 1. The standard InChI is InChI=1S/C15H13NO2S/c1-18-12-7-4-5-10(15(12)17)9-14-16-11-6-2-3-8-13(11)19-14/h2-8,17H,9H2,1H3. The maximum Gasteiger partial charge on any atom is 0.161 e. The van der Waals surface area contributed by atoms with Gasteiger partial charge in [-0.25, -0.2) is 4.98 Å². The van der Waals surface area contributed by atoms with E-state index in [1.54, 1.807) is 24.5 Å². The van der Waals surface area contributed by atoms with Gasteiger partial charge in [0, 0.05) is 12.0 Å². The van der Waals surface area contributed by atoms with Crippen molar-refractivity contribution in [3.8, 4) is 11.5 Å². The van der Waals surface area contributed by atoms with Crippen LogP contribution in [0.4, 0.5) is 0 Å². The fourth-order valence-corrected chi connectivity index (χ4v) is 3.02. The minimum Gasteiger partial charge on any atom is -0.504 e. The molecule has 0 atom stereocenters. The number of phenolic OH excluding ortho intramolecular Hbond substituents is 1. The Bertz CT molecular complexity index is 688. The molecule has 1 aromatic heterocycles. The number of hydrogen-bond acceptors (Lipinski definition) is 4. The van der Waals surface area contributed by atoms with Crippen molar-refractivity contribution in [3.63, 3.8) is 0 Å². The van der Waals surface area contributed by atoms with E-state index in [4.69, 9.17) is 4.74 Å². The van der Waals surface area contributed by atoms with Crippen molar-refractivity contribution in [1.29, 1.82) is 0 Å². The lowest BCUT2D eigenvalue weighted by atomic mass is 10.1. The van der Waals surface area contributed by atoms with Crippen molar-refractivity contribution in [2.24, 2.45) is 0 Å². The molecule has 0 aliphatic carbocycles. The molecule has 0 saturated carbocycles. The maximum absolute atomic E-state index is 10.1. The van der Waals surface area contributed by atoms with E-state index < -0.39 is 0 Å². The molecule has 0 aliphatic heterocycles. The van der Waals surface area contributed by atoms with E-state index >= 15 is 0 Å². The van der Waals surface area contributed by atoms with Crippen molar-refractivity contribution >= 4 is 21.6 Å². The highest BCUT2D eigenvalue weighted by Gasteiger charge is 2.10. The molecule has 0 unspecified atom stereocenters. The van der Waals surface area contributed by atoms with Gasteiger partial charge in [-0.2, -0.15) is 0 Å². The molecule has 19 heavy (non-hydrogen) atoms. The van der Waals surface area contributed by atoms with Crippen LogP contribution in [0.5, 0.6) is 11.5 Å². The van der Waals surface area contributed by atoms with E-state index in [0.29, 0.717) is 12.2 Å². The van der Waals surface area contributed by atoms with Gasteiger partial charge in [0.25, 0.3) is 0 Å². The van der Waals surface area contributed by atoms with Crippen molar-refractivity contribution < 1.29 is 9.84 Å². The van der Waals surface area contributed by atoms with E-state index in [9.17, 15) is 5.11 Å². The first-order valence-corrected chi connectivity index (χ1v) is 6.79. The third-order valence-electron chi connectivity index (χ3n) is 2.98. The second-order valence-corrected chi connectivity index (χ2v) is 5.34. The second kappa shape index (κ2) is 4.90. The minimum absolute atomic E-state index is 0.198. The Balaban J connectivity index is 1.96. The number of fused-ring (bicyclic) bond motifs is 1. The summed E-state index contributed by atoms with van der Waals surface area (Å²) >= 11 is 1.65. The third-order valence-corrected chi connectivity index (χ3v) is 4.02. The van der Waals surface area contributed by atoms with E-state index in [1.807, 2.05) is 30.3 Å². The number of methoxy groups -OCH3 is 1. The topological polar surface area (TPSA) is 42.4 Å². The quantitative estimate of drug-likeness (QED) is 0.791. The van der Waals surface area contributed by atoms with Crippen LogP contribution in [-0.4, -0.2) is 17.2 Å². The Morgan fingerprint density at radius 2 is 2.00 bits per heavy atom. The molecule has 0 spiro atoms. The van der Waals surface area contributed by atoms with Crippen LogP contribution in [0.2, 0.25) is 0 Å². The number of ether oxygens (including phenoxy) is 1. The van der Waals surface area contributed by atoms with Gasteiger partial charge in [0.2, 0.25) is 0 Å². The van der Waals surface area contributed by atoms with Gasteiger partial charge in [-0.05, 0) is 18.2 Å². The van der Waals surface area contributed by atoms with Crippen LogP contribution in [0, 0.1) is 0 Å². The van der Waals surface area contributed by atoms with Crippen LogP contribution in [0.25, 0.3) is 10.2 Å². The van der Waals surface area contributed by atoms with Crippen LogP contribution >= 0.6 is 11.3 Å². The van der Waals surface area contributed by atoms with Crippen LogP contribution in [-0.2, 0) is 6.42 Å². The first-order chi connectivity index (χ1) is 9.28. The predicted octanol–water partition coefficient (Wildman–Crippen LogP) is 3.60. The largest absolute Gasteiger partial charge is 0.504 e. The normalized spacial score (nSPS) is 10.8. The van der Waals surface area contributed by atoms with Gasteiger partial charge in [0.1, 0.15) is 0 Å². The zero-order valence-electron chi connectivity index (χ0n) is 10.5. The smallest absolute Gasteiger partial charge is 0.161 e. The molecule has 0 bridgehead atoms.